The van der Waals surface area contributed by atoms with E-state index in [2.05, 4.69) is 15.7 Å². The summed E-state index contributed by atoms with van der Waals surface area (Å²) >= 11 is 5.98. The molecule has 1 aliphatic carbocycles. The van der Waals surface area contributed by atoms with Crippen molar-refractivity contribution >= 4 is 40.1 Å². The molecule has 178 valence electrons. The van der Waals surface area contributed by atoms with Crippen LogP contribution >= 0.6 is 11.6 Å². The molecule has 7 nitrogen and oxygen atoms in total. The Morgan fingerprint density at radius 2 is 1.88 bits per heavy atom. The highest BCUT2D eigenvalue weighted by atomic mass is 35.5. The first kappa shape index (κ1) is 23.7. The second kappa shape index (κ2) is 9.82. The van der Waals surface area contributed by atoms with Gasteiger partial charge in [0.15, 0.2) is 0 Å². The number of aromatic nitrogens is 1. The molecule has 33 heavy (non-hydrogen) atoms. The number of alkyl halides is 3. The van der Waals surface area contributed by atoms with Crippen molar-refractivity contribution in [2.75, 3.05) is 25.0 Å². The first-order valence-corrected chi connectivity index (χ1v) is 11.1. The summed E-state index contributed by atoms with van der Waals surface area (Å²) in [5.41, 5.74) is 3.42. The van der Waals surface area contributed by atoms with E-state index in [0.717, 1.165) is 10.9 Å². The van der Waals surface area contributed by atoms with Gasteiger partial charge in [0.05, 0.1) is 17.5 Å². The molecule has 2 aliphatic rings. The molecule has 2 amide bonds. The number of ether oxygens (including phenoxy) is 1. The number of nitrogens with one attached hydrogen (secondary N) is 2. The van der Waals surface area contributed by atoms with E-state index in [1.54, 1.807) is 29.3 Å². The Balaban J connectivity index is 1.17. The van der Waals surface area contributed by atoms with Crippen LogP contribution in [0.3, 0.4) is 0 Å². The summed E-state index contributed by atoms with van der Waals surface area (Å²) in [6, 6.07) is 8.90. The quantitative estimate of drug-likeness (QED) is 0.649. The number of fused-ring (bicyclic) bond motifs is 1. The van der Waals surface area contributed by atoms with Crippen LogP contribution in [0.2, 0.25) is 5.02 Å². The van der Waals surface area contributed by atoms with Crippen molar-refractivity contribution in [2.45, 2.75) is 38.0 Å². The summed E-state index contributed by atoms with van der Waals surface area (Å²) in [5.74, 6) is -1.62. The maximum absolute atomic E-state index is 12.6. The van der Waals surface area contributed by atoms with Gasteiger partial charge in [0, 0.05) is 29.4 Å². The van der Waals surface area contributed by atoms with Gasteiger partial charge in [0.2, 0.25) is 5.91 Å². The molecule has 2 heterocycles. The number of hydrazine groups is 1. The topological polar surface area (TPSA) is 83.6 Å². The summed E-state index contributed by atoms with van der Waals surface area (Å²) in [6.07, 6.45) is -3.83. The minimum absolute atomic E-state index is 0.100. The number of hydrogen-bond acceptors (Lipinski definition) is 5. The molecular formula is C22H24ClF3N4O3. The Hall–Kier alpha value is -2.43. The van der Waals surface area contributed by atoms with Crippen LogP contribution in [0.4, 0.5) is 19.0 Å². The highest BCUT2D eigenvalue weighted by molar-refractivity contribution is 6.31. The van der Waals surface area contributed by atoms with Gasteiger partial charge in [-0.25, -0.2) is 9.99 Å². The van der Waals surface area contributed by atoms with Gasteiger partial charge >= 0.3 is 6.18 Å². The van der Waals surface area contributed by atoms with Gasteiger partial charge < -0.3 is 10.1 Å². The molecule has 0 unspecified atom stereocenters. The fraction of sp³-hybridized carbons (Fsp3) is 0.500. The second-order valence-electron chi connectivity index (χ2n) is 8.46. The minimum atomic E-state index is -4.20. The van der Waals surface area contributed by atoms with Gasteiger partial charge in [-0.3, -0.25) is 15.0 Å². The molecule has 2 fully saturated rings. The highest BCUT2D eigenvalue weighted by Gasteiger charge is 2.48. The van der Waals surface area contributed by atoms with Crippen LogP contribution in [0.1, 0.15) is 25.7 Å². The Bertz CT molecular complexity index is 1020. The average molecular weight is 485 g/mol. The minimum Gasteiger partial charge on any atom is -0.368 e. The molecule has 0 bridgehead atoms. The highest BCUT2D eigenvalue weighted by Crippen LogP contribution is 2.42. The number of carbonyl (C=O) groups is 2. The third kappa shape index (κ3) is 6.13. The van der Waals surface area contributed by atoms with Crippen LogP contribution in [0, 0.1) is 11.8 Å². The van der Waals surface area contributed by atoms with Crippen LogP contribution in [0.5, 0.6) is 0 Å². The summed E-state index contributed by atoms with van der Waals surface area (Å²) < 4.78 is 42.7. The maximum Gasteiger partial charge on any atom is 0.392 e. The van der Waals surface area contributed by atoms with Crippen LogP contribution in [0.25, 0.3) is 10.9 Å². The number of halogens is 4. The fourth-order valence-corrected chi connectivity index (χ4v) is 4.20. The number of amides is 2. The number of nitrogens with zero attached hydrogens (tertiary/aromatic N) is 2. The largest absolute Gasteiger partial charge is 0.392 e. The zero-order chi connectivity index (χ0) is 23.6. The fourth-order valence-electron chi connectivity index (χ4n) is 4.02. The van der Waals surface area contributed by atoms with E-state index in [1.165, 1.54) is 0 Å². The Kier molecular flexibility index (Phi) is 7.06. The van der Waals surface area contributed by atoms with Crippen molar-refractivity contribution in [1.29, 1.82) is 0 Å². The van der Waals surface area contributed by atoms with Crippen LogP contribution in [-0.2, 0) is 14.3 Å². The third-order valence-corrected chi connectivity index (χ3v) is 6.29. The van der Waals surface area contributed by atoms with Crippen molar-refractivity contribution in [3.8, 4) is 0 Å². The van der Waals surface area contributed by atoms with Crippen LogP contribution < -0.4 is 10.7 Å². The molecule has 1 saturated heterocycles. The number of hydrogen-bond donors (Lipinski definition) is 2. The lowest BCUT2D eigenvalue weighted by atomic mass is 9.82. The predicted octanol–water partition coefficient (Wildman–Crippen LogP) is 3.93. The van der Waals surface area contributed by atoms with E-state index >= 15 is 0 Å². The van der Waals surface area contributed by atoms with Crippen LogP contribution in [0.15, 0.2) is 30.3 Å². The van der Waals surface area contributed by atoms with E-state index in [9.17, 15) is 22.8 Å². The molecular weight excluding hydrogens is 461 g/mol. The molecule has 11 heteroatoms. The number of carbonyl (C=O) groups excluding carboxylic acids is 2. The number of rotatable bonds is 6. The van der Waals surface area contributed by atoms with Gasteiger partial charge in [0.1, 0.15) is 12.4 Å². The van der Waals surface area contributed by atoms with Gasteiger partial charge in [-0.15, -0.1) is 0 Å². The molecule has 0 atom stereocenters. The van der Waals surface area contributed by atoms with Gasteiger partial charge in [0.25, 0.3) is 5.91 Å². The maximum atomic E-state index is 12.6. The van der Waals surface area contributed by atoms with Crippen molar-refractivity contribution in [3.63, 3.8) is 0 Å². The first-order valence-electron chi connectivity index (χ1n) is 10.8. The molecule has 1 saturated carbocycles. The van der Waals surface area contributed by atoms with E-state index in [1.807, 2.05) is 6.07 Å². The summed E-state index contributed by atoms with van der Waals surface area (Å²) in [5, 5.41) is 6.04. The smallest absolute Gasteiger partial charge is 0.368 e. The Morgan fingerprint density at radius 1 is 1.15 bits per heavy atom. The number of piperidine rings is 1. The van der Waals surface area contributed by atoms with Crippen molar-refractivity contribution in [1.82, 2.24) is 15.4 Å². The average Bonchev–Trinajstić information content (AvgIpc) is 2.72. The lowest BCUT2D eigenvalue weighted by molar-refractivity contribution is -0.219. The van der Waals surface area contributed by atoms with E-state index in [-0.39, 0.29) is 31.3 Å². The first-order chi connectivity index (χ1) is 15.7. The van der Waals surface area contributed by atoms with E-state index in [4.69, 9.17) is 16.3 Å². The lowest BCUT2D eigenvalue weighted by Gasteiger charge is -2.36. The van der Waals surface area contributed by atoms with E-state index in [0.29, 0.717) is 36.8 Å². The lowest BCUT2D eigenvalue weighted by Crippen LogP contribution is -2.50. The third-order valence-electron chi connectivity index (χ3n) is 6.06. The van der Waals surface area contributed by atoms with Gasteiger partial charge in [-0.05, 0) is 56.0 Å². The van der Waals surface area contributed by atoms with E-state index < -0.39 is 24.1 Å². The predicted molar refractivity (Wildman–Crippen MR) is 116 cm³/mol. The van der Waals surface area contributed by atoms with Gasteiger partial charge in [-0.1, -0.05) is 11.6 Å². The zero-order valence-electron chi connectivity index (χ0n) is 17.7. The summed E-state index contributed by atoms with van der Waals surface area (Å²) in [6.45, 7) is 0.675. The zero-order valence-corrected chi connectivity index (χ0v) is 18.5. The number of anilines is 1. The number of benzene rings is 1. The Morgan fingerprint density at radius 3 is 2.58 bits per heavy atom. The monoisotopic (exact) mass is 484 g/mol. The molecule has 1 aromatic carbocycles. The summed E-state index contributed by atoms with van der Waals surface area (Å²) in [7, 11) is 0. The standard InChI is InChI=1S/C22H24ClF3N4O3/c23-16-2-3-18-14(9-16)1-4-19(27-18)28-21(32)13-5-7-30(8-6-13)29-20(31)12-33-17-10-15(11-17)22(24,25)26/h1-4,9,13,15,17H,5-8,10-12H2,(H,29,31)(H,27,28,32)/t15-,17+. The SMILES string of the molecule is O=C(CO[C@H]1C[C@@H](C(F)(F)F)C1)NN1CCC(C(=O)Nc2ccc3cc(Cl)ccc3n2)CC1. The number of pyridine rings is 1. The molecule has 2 N–H and O–H groups in total. The van der Waals surface area contributed by atoms with Crippen molar-refractivity contribution in [2.24, 2.45) is 11.8 Å². The molecule has 0 spiro atoms. The van der Waals surface area contributed by atoms with Crippen molar-refractivity contribution < 1.29 is 27.5 Å². The second-order valence-corrected chi connectivity index (χ2v) is 8.90. The van der Waals surface area contributed by atoms with Crippen LogP contribution in [-0.4, -0.2) is 53.8 Å². The molecule has 2 aromatic rings. The Labute approximate surface area is 193 Å². The normalized spacial score (nSPS) is 22.1. The molecule has 1 aromatic heterocycles. The van der Waals surface area contributed by atoms with Crippen molar-refractivity contribution in [3.05, 3.63) is 35.4 Å². The molecule has 4 rings (SSSR count). The summed E-state index contributed by atoms with van der Waals surface area (Å²) in [4.78, 5) is 29.1. The molecule has 0 radical (unpaired) electrons. The van der Waals surface area contributed by atoms with Gasteiger partial charge in [-0.2, -0.15) is 13.2 Å². The molecule has 1 aliphatic heterocycles.